The number of hydrogen-bond donors (Lipinski definition) is 1. The maximum atomic E-state index is 14.0. The molecule has 1 saturated heterocycles. The van der Waals surface area contributed by atoms with Gasteiger partial charge in [0.05, 0.1) is 25.3 Å². The van der Waals surface area contributed by atoms with Crippen LogP contribution in [-0.2, 0) is 13.1 Å². The highest BCUT2D eigenvalue weighted by Gasteiger charge is 2.47. The van der Waals surface area contributed by atoms with Gasteiger partial charge in [0.2, 0.25) is 0 Å². The highest BCUT2D eigenvalue weighted by atomic mass is 19.3. The second-order valence-electron chi connectivity index (χ2n) is 6.11. The lowest BCUT2D eigenvalue weighted by atomic mass is 10.2. The average molecular weight is 367 g/mol. The van der Waals surface area contributed by atoms with Crippen molar-refractivity contribution in [3.63, 3.8) is 0 Å². The van der Waals surface area contributed by atoms with Crippen LogP contribution in [0.1, 0.15) is 34.3 Å². The molecule has 3 rings (SSSR count). The monoisotopic (exact) mass is 367 g/mol. The number of halogens is 2. The minimum absolute atomic E-state index is 0.0137. The number of amides is 2. The first-order chi connectivity index (χ1) is 12.3. The molecule has 2 aromatic heterocycles. The summed E-state index contributed by atoms with van der Waals surface area (Å²) in [4.78, 5) is 25.3. The van der Waals surface area contributed by atoms with Gasteiger partial charge in [0.25, 0.3) is 17.7 Å². The molecule has 9 nitrogen and oxygen atoms in total. The summed E-state index contributed by atoms with van der Waals surface area (Å²) in [6.07, 6.45) is 2.51. The van der Waals surface area contributed by atoms with Gasteiger partial charge in [0.1, 0.15) is 5.69 Å². The van der Waals surface area contributed by atoms with Crippen LogP contribution in [0.25, 0.3) is 0 Å². The first-order valence-corrected chi connectivity index (χ1v) is 8.17. The molecular formula is C15H19F2N7O2. The number of carbonyl (C=O) groups excluding carboxylic acids is 2. The fourth-order valence-electron chi connectivity index (χ4n) is 2.93. The smallest absolute Gasteiger partial charge is 0.274 e. The van der Waals surface area contributed by atoms with Crippen molar-refractivity contribution in [2.24, 2.45) is 0 Å². The summed E-state index contributed by atoms with van der Waals surface area (Å²) in [5, 5.41) is 14.0. The Morgan fingerprint density at radius 2 is 2.12 bits per heavy atom. The van der Waals surface area contributed by atoms with Crippen LogP contribution in [0.4, 0.5) is 8.78 Å². The molecule has 0 saturated carbocycles. The second kappa shape index (κ2) is 6.81. The van der Waals surface area contributed by atoms with Crippen LogP contribution in [0.3, 0.4) is 0 Å². The van der Waals surface area contributed by atoms with Crippen molar-refractivity contribution >= 4 is 11.8 Å². The summed E-state index contributed by atoms with van der Waals surface area (Å²) in [6, 6.07) is 0.738. The molecule has 0 unspecified atom stereocenters. The number of nitrogens with zero attached hydrogens (tertiary/aromatic N) is 6. The van der Waals surface area contributed by atoms with Gasteiger partial charge in [-0.15, -0.1) is 5.10 Å². The summed E-state index contributed by atoms with van der Waals surface area (Å²) < 4.78 is 30.8. The minimum atomic E-state index is -2.99. The van der Waals surface area contributed by atoms with Crippen LogP contribution < -0.4 is 5.32 Å². The lowest BCUT2D eigenvalue weighted by Crippen LogP contribution is -2.39. The summed E-state index contributed by atoms with van der Waals surface area (Å²) in [6.45, 7) is 1.78. The lowest BCUT2D eigenvalue weighted by Gasteiger charge is -2.22. The first-order valence-electron chi connectivity index (χ1n) is 8.17. The standard InChI is InChI=1S/C15H19F2N7O2/c1-3-22-5-4-11(20-22)14(26)24-9-15(16,17)6-10(24)7-23-8-12(19-21-23)13(25)18-2/h4-5,8,10H,3,6-7,9H2,1-2H3,(H,18,25)/t10-/m0/s1. The van der Waals surface area contributed by atoms with E-state index in [0.717, 1.165) is 4.90 Å². The maximum Gasteiger partial charge on any atom is 0.274 e. The Kier molecular flexibility index (Phi) is 4.70. The molecule has 1 fully saturated rings. The number of nitrogens with one attached hydrogen (secondary N) is 1. The van der Waals surface area contributed by atoms with E-state index in [4.69, 9.17) is 0 Å². The molecule has 140 valence electrons. The number of rotatable bonds is 5. The molecule has 2 amide bonds. The van der Waals surface area contributed by atoms with E-state index in [1.165, 1.54) is 24.0 Å². The van der Waals surface area contributed by atoms with Gasteiger partial charge in [0, 0.05) is 26.2 Å². The fraction of sp³-hybridized carbons (Fsp3) is 0.533. The normalized spacial score (nSPS) is 18.9. The van der Waals surface area contributed by atoms with E-state index in [0.29, 0.717) is 6.54 Å². The number of aryl methyl sites for hydroxylation is 1. The number of hydrogen-bond acceptors (Lipinski definition) is 5. The highest BCUT2D eigenvalue weighted by Crippen LogP contribution is 2.33. The van der Waals surface area contributed by atoms with E-state index in [-0.39, 0.29) is 17.9 Å². The number of aromatic nitrogens is 5. The zero-order valence-electron chi connectivity index (χ0n) is 14.4. The largest absolute Gasteiger partial charge is 0.354 e. The molecular weight excluding hydrogens is 348 g/mol. The molecule has 0 spiro atoms. The topological polar surface area (TPSA) is 97.9 Å². The molecule has 26 heavy (non-hydrogen) atoms. The van der Waals surface area contributed by atoms with Gasteiger partial charge in [-0.2, -0.15) is 5.10 Å². The Balaban J connectivity index is 1.78. The van der Waals surface area contributed by atoms with Gasteiger partial charge in [-0.3, -0.25) is 14.3 Å². The summed E-state index contributed by atoms with van der Waals surface area (Å²) >= 11 is 0. The summed E-state index contributed by atoms with van der Waals surface area (Å²) in [5.41, 5.74) is 0.205. The predicted octanol–water partition coefficient (Wildman–Crippen LogP) is 0.404. The predicted molar refractivity (Wildman–Crippen MR) is 85.7 cm³/mol. The molecule has 0 bridgehead atoms. The van der Waals surface area contributed by atoms with Crippen LogP contribution in [-0.4, -0.2) is 67.0 Å². The molecule has 1 atom stereocenters. The zero-order valence-corrected chi connectivity index (χ0v) is 14.4. The van der Waals surface area contributed by atoms with Crippen molar-refractivity contribution in [2.45, 2.75) is 38.4 Å². The van der Waals surface area contributed by atoms with Crippen LogP contribution in [0.15, 0.2) is 18.5 Å². The Bertz CT molecular complexity index is 817. The molecule has 1 aliphatic rings. The van der Waals surface area contributed by atoms with Crippen LogP contribution >= 0.6 is 0 Å². The Morgan fingerprint density at radius 3 is 2.77 bits per heavy atom. The van der Waals surface area contributed by atoms with Gasteiger partial charge in [0.15, 0.2) is 5.69 Å². The van der Waals surface area contributed by atoms with Gasteiger partial charge in [-0.05, 0) is 13.0 Å². The fourth-order valence-corrected chi connectivity index (χ4v) is 2.93. The highest BCUT2D eigenvalue weighted by molar-refractivity contribution is 5.93. The van der Waals surface area contributed by atoms with E-state index in [1.807, 2.05) is 6.92 Å². The third kappa shape index (κ3) is 3.55. The van der Waals surface area contributed by atoms with E-state index in [1.54, 1.807) is 10.9 Å². The number of likely N-dealkylation sites (tertiary alicyclic amines) is 1. The van der Waals surface area contributed by atoms with Crippen LogP contribution in [0, 0.1) is 0 Å². The second-order valence-corrected chi connectivity index (χ2v) is 6.11. The molecule has 3 heterocycles. The van der Waals surface area contributed by atoms with Crippen LogP contribution in [0.5, 0.6) is 0 Å². The van der Waals surface area contributed by atoms with Gasteiger partial charge >= 0.3 is 0 Å². The molecule has 0 aliphatic carbocycles. The average Bonchev–Trinajstić information content (AvgIpc) is 3.32. The quantitative estimate of drug-likeness (QED) is 0.825. The zero-order chi connectivity index (χ0) is 18.9. The van der Waals surface area contributed by atoms with Gasteiger partial charge in [-0.1, -0.05) is 5.21 Å². The third-order valence-electron chi connectivity index (χ3n) is 4.22. The molecule has 11 heteroatoms. The minimum Gasteiger partial charge on any atom is -0.354 e. The third-order valence-corrected chi connectivity index (χ3v) is 4.22. The van der Waals surface area contributed by atoms with E-state index in [2.05, 4.69) is 20.7 Å². The first kappa shape index (κ1) is 18.0. The molecule has 0 aromatic carbocycles. The van der Waals surface area contributed by atoms with E-state index < -0.39 is 36.7 Å². The Morgan fingerprint density at radius 1 is 1.35 bits per heavy atom. The maximum absolute atomic E-state index is 14.0. The van der Waals surface area contributed by atoms with Crippen molar-refractivity contribution in [1.29, 1.82) is 0 Å². The molecule has 1 N–H and O–H groups in total. The van der Waals surface area contributed by atoms with Crippen LogP contribution in [0.2, 0.25) is 0 Å². The molecule has 0 radical (unpaired) electrons. The SMILES string of the molecule is CCn1ccc(C(=O)N2CC(F)(F)C[C@H]2Cn2cc(C(=O)NC)nn2)n1. The Hall–Kier alpha value is -2.85. The summed E-state index contributed by atoms with van der Waals surface area (Å²) in [5.74, 6) is -3.96. The van der Waals surface area contributed by atoms with Gasteiger partial charge < -0.3 is 10.2 Å². The van der Waals surface area contributed by atoms with Gasteiger partial charge in [-0.25, -0.2) is 13.5 Å². The van der Waals surface area contributed by atoms with Crippen molar-refractivity contribution in [3.8, 4) is 0 Å². The number of alkyl halides is 2. The molecule has 1 aliphatic heterocycles. The van der Waals surface area contributed by atoms with Crippen molar-refractivity contribution in [1.82, 2.24) is 35.0 Å². The molecule has 2 aromatic rings. The van der Waals surface area contributed by atoms with Crippen molar-refractivity contribution in [2.75, 3.05) is 13.6 Å². The summed E-state index contributed by atoms with van der Waals surface area (Å²) in [7, 11) is 1.45. The van der Waals surface area contributed by atoms with E-state index >= 15 is 0 Å². The van der Waals surface area contributed by atoms with Crippen molar-refractivity contribution in [3.05, 3.63) is 29.8 Å². The number of carbonyl (C=O) groups is 2. The lowest BCUT2D eigenvalue weighted by molar-refractivity contribution is 0.0116. The van der Waals surface area contributed by atoms with E-state index in [9.17, 15) is 18.4 Å². The Labute approximate surface area is 147 Å². The van der Waals surface area contributed by atoms with Crippen molar-refractivity contribution < 1.29 is 18.4 Å².